The zero-order valence-corrected chi connectivity index (χ0v) is 8.15. The van der Waals surface area contributed by atoms with Crippen LogP contribution in [0.2, 0.25) is 0 Å². The molecule has 0 radical (unpaired) electrons. The Hall–Kier alpha value is -1.25. The monoisotopic (exact) mass is 190 g/mol. The second kappa shape index (κ2) is 4.31. The first-order valence-corrected chi connectivity index (χ1v) is 5.14. The van der Waals surface area contributed by atoms with Crippen LogP contribution in [0.15, 0.2) is 18.7 Å². The van der Waals surface area contributed by atoms with Crippen LogP contribution in [0.25, 0.3) is 0 Å². The zero-order chi connectivity index (χ0) is 9.80. The fraction of sp³-hybridized carbons (Fsp3) is 0.545. The predicted octanol–water partition coefficient (Wildman–Crippen LogP) is 2.24. The Morgan fingerprint density at radius 2 is 1.93 bits per heavy atom. The lowest BCUT2D eigenvalue weighted by Gasteiger charge is -2.06. The van der Waals surface area contributed by atoms with Crippen LogP contribution in [0.5, 0.6) is 0 Å². The van der Waals surface area contributed by atoms with Gasteiger partial charge in [0.2, 0.25) is 0 Å². The molecule has 1 aromatic rings. The Morgan fingerprint density at radius 1 is 1.29 bits per heavy atom. The third kappa shape index (κ3) is 2.16. The Morgan fingerprint density at radius 3 is 2.57 bits per heavy atom. The molecule has 1 aliphatic rings. The Balaban J connectivity index is 1.95. The number of rotatable bonds is 3. The second-order valence-corrected chi connectivity index (χ2v) is 3.90. The Labute approximate surface area is 83.6 Å². The molecule has 0 unspecified atom stereocenters. The van der Waals surface area contributed by atoms with E-state index in [0.29, 0.717) is 17.9 Å². The van der Waals surface area contributed by atoms with E-state index < -0.39 is 0 Å². The number of hydrogen-bond donors (Lipinski definition) is 0. The fourth-order valence-electron chi connectivity index (χ4n) is 2.04. The quantitative estimate of drug-likeness (QED) is 0.686. The van der Waals surface area contributed by atoms with Gasteiger partial charge in [-0.25, -0.2) is 9.97 Å². The van der Waals surface area contributed by atoms with E-state index >= 15 is 0 Å². The van der Waals surface area contributed by atoms with E-state index in [1.54, 1.807) is 12.4 Å². The van der Waals surface area contributed by atoms with Crippen molar-refractivity contribution >= 4 is 5.78 Å². The summed E-state index contributed by atoms with van der Waals surface area (Å²) in [5, 5.41) is 0. The second-order valence-electron chi connectivity index (χ2n) is 3.90. The van der Waals surface area contributed by atoms with Gasteiger partial charge in [0.1, 0.15) is 6.33 Å². The molecule has 1 fully saturated rings. The zero-order valence-electron chi connectivity index (χ0n) is 8.15. The van der Waals surface area contributed by atoms with Crippen molar-refractivity contribution in [3.05, 3.63) is 24.3 Å². The Bertz CT molecular complexity index is 304. The van der Waals surface area contributed by atoms with E-state index in [2.05, 4.69) is 9.97 Å². The van der Waals surface area contributed by atoms with Gasteiger partial charge in [0.05, 0.1) is 5.56 Å². The summed E-state index contributed by atoms with van der Waals surface area (Å²) in [5.41, 5.74) is 0.652. The lowest BCUT2D eigenvalue weighted by molar-refractivity contribution is 0.0961. The first kappa shape index (κ1) is 9.31. The predicted molar refractivity (Wildman–Crippen MR) is 52.9 cm³/mol. The van der Waals surface area contributed by atoms with Gasteiger partial charge in [-0.3, -0.25) is 4.79 Å². The minimum absolute atomic E-state index is 0.192. The number of carbonyl (C=O) groups excluding carboxylic acids is 1. The van der Waals surface area contributed by atoms with Gasteiger partial charge >= 0.3 is 0 Å². The van der Waals surface area contributed by atoms with E-state index in [0.717, 1.165) is 0 Å². The molecular weight excluding hydrogens is 176 g/mol. The van der Waals surface area contributed by atoms with Crippen molar-refractivity contribution in [3.63, 3.8) is 0 Å². The molecule has 0 bridgehead atoms. The van der Waals surface area contributed by atoms with Crippen LogP contribution < -0.4 is 0 Å². The number of carbonyl (C=O) groups is 1. The summed E-state index contributed by atoms with van der Waals surface area (Å²) in [5.74, 6) is 0.792. The maximum absolute atomic E-state index is 11.7. The highest BCUT2D eigenvalue weighted by molar-refractivity contribution is 5.95. The molecule has 0 aliphatic heterocycles. The van der Waals surface area contributed by atoms with Crippen molar-refractivity contribution < 1.29 is 4.79 Å². The highest BCUT2D eigenvalue weighted by Crippen LogP contribution is 2.28. The van der Waals surface area contributed by atoms with Crippen LogP contribution in [0, 0.1) is 5.92 Å². The van der Waals surface area contributed by atoms with Gasteiger partial charge in [-0.15, -0.1) is 0 Å². The largest absolute Gasteiger partial charge is 0.294 e. The summed E-state index contributed by atoms with van der Waals surface area (Å²) < 4.78 is 0. The lowest BCUT2D eigenvalue weighted by atomic mass is 9.98. The minimum Gasteiger partial charge on any atom is -0.294 e. The molecule has 1 aromatic heterocycles. The number of aromatic nitrogens is 2. The summed E-state index contributed by atoms with van der Waals surface area (Å²) in [6.45, 7) is 0. The van der Waals surface area contributed by atoms with Gasteiger partial charge in [-0.2, -0.15) is 0 Å². The number of ketones is 1. The van der Waals surface area contributed by atoms with Crippen LogP contribution in [-0.4, -0.2) is 15.8 Å². The maximum Gasteiger partial charge on any atom is 0.166 e. The summed E-state index contributed by atoms with van der Waals surface area (Å²) in [6, 6.07) is 0. The molecule has 2 rings (SSSR count). The van der Waals surface area contributed by atoms with Gasteiger partial charge in [0.25, 0.3) is 0 Å². The average Bonchev–Trinajstić information content (AvgIpc) is 2.72. The molecule has 1 saturated carbocycles. The van der Waals surface area contributed by atoms with Crippen molar-refractivity contribution in [2.45, 2.75) is 32.1 Å². The SMILES string of the molecule is O=C(CC1CCCC1)c1cncnc1. The van der Waals surface area contributed by atoms with Crippen molar-refractivity contribution in [1.82, 2.24) is 9.97 Å². The molecule has 1 heterocycles. The van der Waals surface area contributed by atoms with Crippen molar-refractivity contribution in [1.29, 1.82) is 0 Å². The molecule has 0 aromatic carbocycles. The van der Waals surface area contributed by atoms with Crippen LogP contribution in [0.1, 0.15) is 42.5 Å². The molecule has 74 valence electrons. The molecule has 3 nitrogen and oxygen atoms in total. The molecular formula is C11H14N2O. The Kier molecular flexibility index (Phi) is 2.87. The summed E-state index contributed by atoms with van der Waals surface area (Å²) >= 11 is 0. The van der Waals surface area contributed by atoms with E-state index in [4.69, 9.17) is 0 Å². The molecule has 3 heteroatoms. The number of nitrogens with zero attached hydrogens (tertiary/aromatic N) is 2. The number of Topliss-reactive ketones (excluding diaryl/α,β-unsaturated/α-hetero) is 1. The fourth-order valence-corrected chi connectivity index (χ4v) is 2.04. The molecule has 0 atom stereocenters. The topological polar surface area (TPSA) is 42.9 Å². The maximum atomic E-state index is 11.7. The summed E-state index contributed by atoms with van der Waals surface area (Å²) in [7, 11) is 0. The van der Waals surface area contributed by atoms with Crippen molar-refractivity contribution in [2.24, 2.45) is 5.92 Å². The average molecular weight is 190 g/mol. The van der Waals surface area contributed by atoms with Gasteiger partial charge in [-0.05, 0) is 5.92 Å². The third-order valence-corrected chi connectivity index (χ3v) is 2.83. The first-order chi connectivity index (χ1) is 6.86. The van der Waals surface area contributed by atoms with Crippen LogP contribution in [0.4, 0.5) is 0 Å². The van der Waals surface area contributed by atoms with Crippen LogP contribution >= 0.6 is 0 Å². The van der Waals surface area contributed by atoms with Gasteiger partial charge in [0, 0.05) is 18.8 Å². The van der Waals surface area contributed by atoms with Gasteiger partial charge in [0.15, 0.2) is 5.78 Å². The lowest BCUT2D eigenvalue weighted by Crippen LogP contribution is -2.06. The molecule has 0 spiro atoms. The van der Waals surface area contributed by atoms with Crippen LogP contribution in [0.3, 0.4) is 0 Å². The van der Waals surface area contributed by atoms with E-state index in [9.17, 15) is 4.79 Å². The summed E-state index contributed by atoms with van der Waals surface area (Å²) in [6.07, 6.45) is 10.3. The van der Waals surface area contributed by atoms with Crippen molar-refractivity contribution in [3.8, 4) is 0 Å². The van der Waals surface area contributed by atoms with Crippen LogP contribution in [-0.2, 0) is 0 Å². The van der Waals surface area contributed by atoms with E-state index in [-0.39, 0.29) is 5.78 Å². The van der Waals surface area contributed by atoms with Gasteiger partial charge in [-0.1, -0.05) is 25.7 Å². The molecule has 0 saturated heterocycles. The molecule has 1 aliphatic carbocycles. The van der Waals surface area contributed by atoms with E-state index in [1.165, 1.54) is 32.0 Å². The van der Waals surface area contributed by atoms with Crippen molar-refractivity contribution in [2.75, 3.05) is 0 Å². The highest BCUT2D eigenvalue weighted by Gasteiger charge is 2.19. The number of hydrogen-bond acceptors (Lipinski definition) is 3. The first-order valence-electron chi connectivity index (χ1n) is 5.14. The normalized spacial score (nSPS) is 17.1. The smallest absolute Gasteiger partial charge is 0.166 e. The van der Waals surface area contributed by atoms with E-state index in [1.807, 2.05) is 0 Å². The summed E-state index contributed by atoms with van der Waals surface area (Å²) in [4.78, 5) is 19.4. The minimum atomic E-state index is 0.192. The molecule has 0 N–H and O–H groups in total. The molecule has 14 heavy (non-hydrogen) atoms. The highest BCUT2D eigenvalue weighted by atomic mass is 16.1. The standard InChI is InChI=1S/C11H14N2O/c14-11(5-9-3-1-2-4-9)10-6-12-8-13-7-10/h6-9H,1-5H2. The third-order valence-electron chi connectivity index (χ3n) is 2.83. The van der Waals surface area contributed by atoms with Gasteiger partial charge < -0.3 is 0 Å². The molecule has 0 amide bonds.